The molecule has 0 spiro atoms. The zero-order valence-corrected chi connectivity index (χ0v) is 8.56. The molecule has 1 heterocycles. The number of rotatable bonds is 6. The fourth-order valence-corrected chi connectivity index (χ4v) is 1.16. The molecule has 0 atom stereocenters. The van der Waals surface area contributed by atoms with Gasteiger partial charge in [-0.1, -0.05) is 5.21 Å². The Kier molecular flexibility index (Phi) is 4.25. The third-order valence-corrected chi connectivity index (χ3v) is 1.99. The van der Waals surface area contributed by atoms with E-state index in [4.69, 9.17) is 4.74 Å². The summed E-state index contributed by atoms with van der Waals surface area (Å²) in [6.45, 7) is 5.99. The second kappa shape index (κ2) is 5.49. The van der Waals surface area contributed by atoms with Crippen molar-refractivity contribution in [1.82, 2.24) is 15.0 Å². The van der Waals surface area contributed by atoms with Crippen LogP contribution in [0.4, 0.5) is 0 Å². The molecule has 78 valence electrons. The highest BCUT2D eigenvalue weighted by atomic mass is 16.5. The number of aromatic nitrogens is 3. The van der Waals surface area contributed by atoms with Crippen molar-refractivity contribution in [1.29, 1.82) is 0 Å². The summed E-state index contributed by atoms with van der Waals surface area (Å²) >= 11 is 0. The molecule has 0 aromatic carbocycles. The number of hydrogen-bond acceptors (Lipinski definition) is 4. The van der Waals surface area contributed by atoms with Crippen molar-refractivity contribution in [2.75, 3.05) is 13.2 Å². The topological polar surface area (TPSA) is 57.0 Å². The van der Waals surface area contributed by atoms with Crippen LogP contribution in [0.2, 0.25) is 0 Å². The minimum atomic E-state index is 0.418. The van der Waals surface area contributed by atoms with Gasteiger partial charge in [0.05, 0.1) is 5.69 Å². The van der Waals surface area contributed by atoms with Gasteiger partial charge in [-0.05, 0) is 20.3 Å². The quantitative estimate of drug-likeness (QED) is 0.500. The molecule has 14 heavy (non-hydrogen) atoms. The molecule has 0 unspecified atom stereocenters. The standard InChI is InChI=1S/C9H15N3O2/c1-3-14-6-4-5-12-8(2)9(7-13)10-11-12/h7H,3-6H2,1-2H3. The molecule has 0 aliphatic carbocycles. The van der Waals surface area contributed by atoms with E-state index in [-0.39, 0.29) is 0 Å². The molecule has 0 bridgehead atoms. The van der Waals surface area contributed by atoms with Crippen LogP contribution in [0.25, 0.3) is 0 Å². The first-order valence-electron chi connectivity index (χ1n) is 4.72. The zero-order valence-electron chi connectivity index (χ0n) is 8.56. The lowest BCUT2D eigenvalue weighted by Gasteiger charge is -2.02. The van der Waals surface area contributed by atoms with Crippen molar-refractivity contribution in [3.8, 4) is 0 Å². The smallest absolute Gasteiger partial charge is 0.172 e. The summed E-state index contributed by atoms with van der Waals surface area (Å²) in [4.78, 5) is 10.5. The van der Waals surface area contributed by atoms with Gasteiger partial charge in [-0.3, -0.25) is 4.79 Å². The van der Waals surface area contributed by atoms with E-state index < -0.39 is 0 Å². The van der Waals surface area contributed by atoms with Gasteiger partial charge in [-0.15, -0.1) is 5.10 Å². The fraction of sp³-hybridized carbons (Fsp3) is 0.667. The van der Waals surface area contributed by atoms with Crippen molar-refractivity contribution >= 4 is 6.29 Å². The molecular formula is C9H15N3O2. The molecule has 5 nitrogen and oxygen atoms in total. The SMILES string of the molecule is CCOCCCn1nnc(C=O)c1C. The summed E-state index contributed by atoms with van der Waals surface area (Å²) in [5.74, 6) is 0. The summed E-state index contributed by atoms with van der Waals surface area (Å²) in [6, 6.07) is 0. The van der Waals surface area contributed by atoms with Crippen LogP contribution in [0.1, 0.15) is 29.5 Å². The number of aryl methyl sites for hydroxylation is 1. The molecular weight excluding hydrogens is 182 g/mol. The maximum absolute atomic E-state index is 10.5. The van der Waals surface area contributed by atoms with Gasteiger partial charge in [-0.2, -0.15) is 0 Å². The van der Waals surface area contributed by atoms with Gasteiger partial charge in [0.1, 0.15) is 5.69 Å². The predicted octanol–water partition coefficient (Wildman–Crippen LogP) is 0.826. The number of carbonyl (C=O) groups is 1. The molecule has 0 fully saturated rings. The van der Waals surface area contributed by atoms with Gasteiger partial charge in [0.25, 0.3) is 0 Å². The van der Waals surface area contributed by atoms with Crippen molar-refractivity contribution in [3.05, 3.63) is 11.4 Å². The minimum Gasteiger partial charge on any atom is -0.382 e. The molecule has 0 saturated heterocycles. The number of ether oxygens (including phenoxy) is 1. The Hall–Kier alpha value is -1.23. The molecule has 1 rings (SSSR count). The number of carbonyl (C=O) groups excluding carboxylic acids is 1. The summed E-state index contributed by atoms with van der Waals surface area (Å²) in [6.07, 6.45) is 1.61. The Balaban J connectivity index is 2.42. The molecule has 1 aromatic heterocycles. The molecule has 0 amide bonds. The number of hydrogen-bond donors (Lipinski definition) is 0. The monoisotopic (exact) mass is 197 g/mol. The summed E-state index contributed by atoms with van der Waals surface area (Å²) in [5.41, 5.74) is 1.23. The molecule has 0 N–H and O–H groups in total. The Bertz CT molecular complexity index is 296. The van der Waals surface area contributed by atoms with Crippen LogP contribution >= 0.6 is 0 Å². The van der Waals surface area contributed by atoms with Crippen molar-refractivity contribution in [2.45, 2.75) is 26.8 Å². The highest BCUT2D eigenvalue weighted by Crippen LogP contribution is 2.01. The van der Waals surface area contributed by atoms with Crippen LogP contribution in [-0.2, 0) is 11.3 Å². The van der Waals surface area contributed by atoms with E-state index in [0.717, 1.165) is 31.6 Å². The summed E-state index contributed by atoms with van der Waals surface area (Å²) < 4.78 is 6.92. The summed E-state index contributed by atoms with van der Waals surface area (Å²) in [7, 11) is 0. The molecule has 0 aliphatic rings. The van der Waals surface area contributed by atoms with Crippen LogP contribution in [0.5, 0.6) is 0 Å². The first-order chi connectivity index (χ1) is 6.79. The fourth-order valence-electron chi connectivity index (χ4n) is 1.16. The zero-order chi connectivity index (χ0) is 10.4. The van der Waals surface area contributed by atoms with Gasteiger partial charge in [0, 0.05) is 19.8 Å². The van der Waals surface area contributed by atoms with Crippen LogP contribution in [0, 0.1) is 6.92 Å². The predicted molar refractivity (Wildman–Crippen MR) is 51.3 cm³/mol. The summed E-state index contributed by atoms with van der Waals surface area (Å²) in [5, 5.41) is 7.60. The van der Waals surface area contributed by atoms with Crippen LogP contribution in [-0.4, -0.2) is 34.5 Å². The van der Waals surface area contributed by atoms with Crippen molar-refractivity contribution < 1.29 is 9.53 Å². The van der Waals surface area contributed by atoms with Gasteiger partial charge in [0.15, 0.2) is 6.29 Å². The molecule has 0 aliphatic heterocycles. The third-order valence-electron chi connectivity index (χ3n) is 1.99. The van der Waals surface area contributed by atoms with E-state index in [1.165, 1.54) is 0 Å². The Labute approximate surface area is 83.1 Å². The lowest BCUT2D eigenvalue weighted by molar-refractivity contribution is 0.111. The van der Waals surface area contributed by atoms with E-state index >= 15 is 0 Å². The average molecular weight is 197 g/mol. The van der Waals surface area contributed by atoms with Crippen LogP contribution < -0.4 is 0 Å². The van der Waals surface area contributed by atoms with E-state index in [1.54, 1.807) is 4.68 Å². The minimum absolute atomic E-state index is 0.418. The normalized spacial score (nSPS) is 10.4. The van der Waals surface area contributed by atoms with Gasteiger partial charge >= 0.3 is 0 Å². The highest BCUT2D eigenvalue weighted by Gasteiger charge is 2.05. The average Bonchev–Trinajstić information content (AvgIpc) is 2.55. The largest absolute Gasteiger partial charge is 0.382 e. The second-order valence-electron chi connectivity index (χ2n) is 2.95. The molecule has 1 aromatic rings. The first-order valence-corrected chi connectivity index (χ1v) is 4.72. The van der Waals surface area contributed by atoms with Crippen molar-refractivity contribution in [2.24, 2.45) is 0 Å². The van der Waals surface area contributed by atoms with Gasteiger partial charge in [-0.25, -0.2) is 4.68 Å². The Morgan fingerprint density at radius 1 is 1.57 bits per heavy atom. The second-order valence-corrected chi connectivity index (χ2v) is 2.95. The van der Waals surface area contributed by atoms with E-state index in [0.29, 0.717) is 12.3 Å². The molecule has 5 heteroatoms. The van der Waals surface area contributed by atoms with Gasteiger partial charge in [0.2, 0.25) is 0 Å². The van der Waals surface area contributed by atoms with Crippen molar-refractivity contribution in [3.63, 3.8) is 0 Å². The molecule has 0 saturated carbocycles. The van der Waals surface area contributed by atoms with E-state index in [2.05, 4.69) is 10.3 Å². The lowest BCUT2D eigenvalue weighted by atomic mass is 10.3. The van der Waals surface area contributed by atoms with Crippen LogP contribution in [0.15, 0.2) is 0 Å². The number of nitrogens with zero attached hydrogens (tertiary/aromatic N) is 3. The molecule has 0 radical (unpaired) electrons. The van der Waals surface area contributed by atoms with Crippen LogP contribution in [0.3, 0.4) is 0 Å². The van der Waals surface area contributed by atoms with Gasteiger partial charge < -0.3 is 4.74 Å². The first kappa shape index (κ1) is 10.8. The number of aldehydes is 1. The maximum Gasteiger partial charge on any atom is 0.172 e. The highest BCUT2D eigenvalue weighted by molar-refractivity contribution is 5.72. The Morgan fingerprint density at radius 2 is 2.36 bits per heavy atom. The maximum atomic E-state index is 10.5. The lowest BCUT2D eigenvalue weighted by Crippen LogP contribution is -2.06. The third kappa shape index (κ3) is 2.63. The Morgan fingerprint density at radius 3 is 2.93 bits per heavy atom. The van der Waals surface area contributed by atoms with E-state index in [1.807, 2.05) is 13.8 Å². The van der Waals surface area contributed by atoms with E-state index in [9.17, 15) is 4.79 Å².